The molecule has 1 saturated heterocycles. The molecule has 8 nitrogen and oxygen atoms in total. The molecule has 0 bridgehead atoms. The monoisotopic (exact) mass is 358 g/mol. The van der Waals surface area contributed by atoms with E-state index in [1.807, 2.05) is 30.9 Å². The summed E-state index contributed by atoms with van der Waals surface area (Å²) in [5.74, 6) is 0.473. The Balaban J connectivity index is 1.73. The number of hydrogen-bond acceptors (Lipinski definition) is 5. The molecular weight excluding hydrogens is 332 g/mol. The van der Waals surface area contributed by atoms with E-state index in [1.165, 1.54) is 0 Å². The molecule has 1 fully saturated rings. The SMILES string of the molecule is CCCNC(=O)NC1CCN(c2nc3cccnc3n(CC)c2=O)CC1. The van der Waals surface area contributed by atoms with Gasteiger partial charge in [0.15, 0.2) is 11.5 Å². The maximum Gasteiger partial charge on any atom is 0.315 e. The van der Waals surface area contributed by atoms with Gasteiger partial charge in [0.2, 0.25) is 0 Å². The van der Waals surface area contributed by atoms with Gasteiger partial charge in [0.05, 0.1) is 0 Å². The first kappa shape index (κ1) is 18.2. The Labute approximate surface area is 152 Å². The van der Waals surface area contributed by atoms with Crippen LogP contribution in [0.3, 0.4) is 0 Å². The number of fused-ring (bicyclic) bond motifs is 1. The Morgan fingerprint density at radius 2 is 2.08 bits per heavy atom. The number of carbonyl (C=O) groups excluding carboxylic acids is 1. The van der Waals surface area contributed by atoms with Gasteiger partial charge in [0.1, 0.15) is 5.52 Å². The quantitative estimate of drug-likeness (QED) is 0.845. The number of urea groups is 1. The molecule has 0 unspecified atom stereocenters. The summed E-state index contributed by atoms with van der Waals surface area (Å²) in [6, 6.07) is 3.71. The van der Waals surface area contributed by atoms with E-state index in [0.717, 1.165) is 24.8 Å². The molecule has 140 valence electrons. The Morgan fingerprint density at radius 3 is 2.77 bits per heavy atom. The minimum absolute atomic E-state index is 0.106. The van der Waals surface area contributed by atoms with Crippen molar-refractivity contribution in [1.82, 2.24) is 25.2 Å². The fourth-order valence-corrected chi connectivity index (χ4v) is 3.27. The highest BCUT2D eigenvalue weighted by Crippen LogP contribution is 2.17. The molecule has 0 aromatic carbocycles. The zero-order valence-electron chi connectivity index (χ0n) is 15.4. The van der Waals surface area contributed by atoms with Gasteiger partial charge in [-0.1, -0.05) is 6.92 Å². The standard InChI is InChI=1S/C18H26N6O2/c1-3-9-20-18(26)21-13-7-11-23(12-8-13)16-17(25)24(4-2)15-14(22-16)6-5-10-19-15/h5-6,10,13H,3-4,7-9,11-12H2,1-2H3,(H2,20,21,26). The van der Waals surface area contributed by atoms with Crippen molar-refractivity contribution < 1.29 is 4.79 Å². The first-order valence-corrected chi connectivity index (χ1v) is 9.29. The topological polar surface area (TPSA) is 92.2 Å². The van der Waals surface area contributed by atoms with Crippen molar-refractivity contribution in [1.29, 1.82) is 0 Å². The molecule has 1 aliphatic heterocycles. The van der Waals surface area contributed by atoms with Crippen molar-refractivity contribution >= 4 is 23.0 Å². The third-order valence-corrected chi connectivity index (χ3v) is 4.67. The summed E-state index contributed by atoms with van der Waals surface area (Å²) < 4.78 is 1.67. The lowest BCUT2D eigenvalue weighted by Gasteiger charge is -2.33. The van der Waals surface area contributed by atoms with Crippen LogP contribution in [0.1, 0.15) is 33.1 Å². The summed E-state index contributed by atoms with van der Waals surface area (Å²) in [5, 5.41) is 5.83. The molecule has 3 rings (SSSR count). The summed E-state index contributed by atoms with van der Waals surface area (Å²) in [5.41, 5.74) is 1.24. The number of nitrogens with zero attached hydrogens (tertiary/aromatic N) is 4. The van der Waals surface area contributed by atoms with Gasteiger partial charge in [-0.25, -0.2) is 14.8 Å². The van der Waals surface area contributed by atoms with Crippen molar-refractivity contribution in [3.8, 4) is 0 Å². The average molecular weight is 358 g/mol. The van der Waals surface area contributed by atoms with Crippen LogP contribution in [0.15, 0.2) is 23.1 Å². The van der Waals surface area contributed by atoms with Crippen molar-refractivity contribution in [2.75, 3.05) is 24.5 Å². The lowest BCUT2D eigenvalue weighted by Crippen LogP contribution is -2.49. The van der Waals surface area contributed by atoms with E-state index in [-0.39, 0.29) is 17.6 Å². The molecule has 0 atom stereocenters. The van der Waals surface area contributed by atoms with E-state index in [9.17, 15) is 9.59 Å². The van der Waals surface area contributed by atoms with Gasteiger partial charge in [-0.3, -0.25) is 9.36 Å². The summed E-state index contributed by atoms with van der Waals surface area (Å²) in [6.07, 6.45) is 4.17. The van der Waals surface area contributed by atoms with E-state index >= 15 is 0 Å². The average Bonchev–Trinajstić information content (AvgIpc) is 2.66. The van der Waals surface area contributed by atoms with Crippen LogP contribution in [0.2, 0.25) is 0 Å². The van der Waals surface area contributed by atoms with E-state index in [0.29, 0.717) is 37.6 Å². The predicted octanol–water partition coefficient (Wildman–Crippen LogP) is 1.49. The second-order valence-electron chi connectivity index (χ2n) is 6.49. The Bertz CT molecular complexity index is 826. The van der Waals surface area contributed by atoms with Crippen molar-refractivity contribution in [2.24, 2.45) is 0 Å². The van der Waals surface area contributed by atoms with Gasteiger partial charge in [0.25, 0.3) is 5.56 Å². The number of aromatic nitrogens is 3. The molecule has 8 heteroatoms. The summed E-state index contributed by atoms with van der Waals surface area (Å²) in [7, 11) is 0. The van der Waals surface area contributed by atoms with Gasteiger partial charge < -0.3 is 15.5 Å². The number of pyridine rings is 1. The molecule has 0 aliphatic carbocycles. The molecule has 2 aromatic rings. The highest BCUT2D eigenvalue weighted by atomic mass is 16.2. The lowest BCUT2D eigenvalue weighted by molar-refractivity contribution is 0.234. The van der Waals surface area contributed by atoms with Crippen LogP contribution in [0.25, 0.3) is 11.2 Å². The maximum atomic E-state index is 12.8. The van der Waals surface area contributed by atoms with Crippen LogP contribution in [0.4, 0.5) is 10.6 Å². The highest BCUT2D eigenvalue weighted by Gasteiger charge is 2.24. The molecule has 2 amide bonds. The van der Waals surface area contributed by atoms with Crippen LogP contribution in [-0.4, -0.2) is 46.2 Å². The maximum absolute atomic E-state index is 12.8. The minimum Gasteiger partial charge on any atom is -0.352 e. The Hall–Kier alpha value is -2.64. The Kier molecular flexibility index (Phi) is 5.70. The van der Waals surface area contributed by atoms with Crippen LogP contribution in [0, 0.1) is 0 Å². The lowest BCUT2D eigenvalue weighted by atomic mass is 10.1. The second-order valence-corrected chi connectivity index (χ2v) is 6.49. The number of piperidine rings is 1. The molecule has 0 radical (unpaired) electrons. The molecule has 2 aromatic heterocycles. The summed E-state index contributed by atoms with van der Waals surface area (Å²) >= 11 is 0. The number of carbonyl (C=O) groups is 1. The molecule has 1 aliphatic rings. The third-order valence-electron chi connectivity index (χ3n) is 4.67. The first-order valence-electron chi connectivity index (χ1n) is 9.29. The minimum atomic E-state index is -0.117. The first-order chi connectivity index (χ1) is 12.6. The zero-order chi connectivity index (χ0) is 18.5. The van der Waals surface area contributed by atoms with E-state index in [1.54, 1.807) is 10.8 Å². The van der Waals surface area contributed by atoms with Crippen LogP contribution in [0.5, 0.6) is 0 Å². The molecule has 0 saturated carbocycles. The van der Waals surface area contributed by atoms with E-state index in [2.05, 4.69) is 20.6 Å². The number of aryl methyl sites for hydroxylation is 1. The molecular formula is C18H26N6O2. The number of nitrogens with one attached hydrogen (secondary N) is 2. The van der Waals surface area contributed by atoms with Crippen molar-refractivity contribution in [3.05, 3.63) is 28.7 Å². The molecule has 2 N–H and O–H groups in total. The second kappa shape index (κ2) is 8.16. The predicted molar refractivity (Wildman–Crippen MR) is 102 cm³/mol. The van der Waals surface area contributed by atoms with Crippen LogP contribution in [-0.2, 0) is 6.54 Å². The molecule has 26 heavy (non-hydrogen) atoms. The van der Waals surface area contributed by atoms with Gasteiger partial charge in [-0.15, -0.1) is 0 Å². The number of amides is 2. The summed E-state index contributed by atoms with van der Waals surface area (Å²) in [4.78, 5) is 35.5. The van der Waals surface area contributed by atoms with Gasteiger partial charge in [-0.05, 0) is 38.3 Å². The number of hydrogen-bond donors (Lipinski definition) is 2. The molecule has 0 spiro atoms. The van der Waals surface area contributed by atoms with Gasteiger partial charge in [0, 0.05) is 38.4 Å². The fraction of sp³-hybridized carbons (Fsp3) is 0.556. The van der Waals surface area contributed by atoms with Gasteiger partial charge >= 0.3 is 6.03 Å². The van der Waals surface area contributed by atoms with E-state index in [4.69, 9.17) is 0 Å². The smallest absolute Gasteiger partial charge is 0.315 e. The normalized spacial score (nSPS) is 15.2. The highest BCUT2D eigenvalue weighted by molar-refractivity contribution is 5.74. The third kappa shape index (κ3) is 3.79. The van der Waals surface area contributed by atoms with Crippen molar-refractivity contribution in [3.63, 3.8) is 0 Å². The molecule has 3 heterocycles. The summed E-state index contributed by atoms with van der Waals surface area (Å²) in [6.45, 7) is 6.57. The van der Waals surface area contributed by atoms with E-state index < -0.39 is 0 Å². The number of rotatable bonds is 5. The Morgan fingerprint density at radius 1 is 1.31 bits per heavy atom. The number of anilines is 1. The fourth-order valence-electron chi connectivity index (χ4n) is 3.27. The van der Waals surface area contributed by atoms with Gasteiger partial charge in [-0.2, -0.15) is 0 Å². The largest absolute Gasteiger partial charge is 0.352 e. The van der Waals surface area contributed by atoms with Crippen LogP contribution < -0.4 is 21.1 Å². The van der Waals surface area contributed by atoms with Crippen LogP contribution >= 0.6 is 0 Å². The van der Waals surface area contributed by atoms with Crippen molar-refractivity contribution in [2.45, 2.75) is 45.7 Å². The zero-order valence-corrected chi connectivity index (χ0v) is 15.4.